The van der Waals surface area contributed by atoms with Gasteiger partial charge in [0, 0.05) is 18.8 Å². The third-order valence-electron chi connectivity index (χ3n) is 5.18. The number of nitrogens with zero attached hydrogens (tertiary/aromatic N) is 3. The topological polar surface area (TPSA) is 68.3 Å². The van der Waals surface area contributed by atoms with Gasteiger partial charge in [0.15, 0.2) is 5.16 Å². The van der Waals surface area contributed by atoms with E-state index in [2.05, 4.69) is 0 Å². The molecule has 4 aromatic rings. The number of fused-ring (bicyclic) bond motifs is 1. The first-order chi connectivity index (χ1) is 15.4. The van der Waals surface area contributed by atoms with Gasteiger partial charge in [0.05, 0.1) is 28.7 Å². The molecule has 2 aromatic carbocycles. The molecule has 0 amide bonds. The van der Waals surface area contributed by atoms with Crippen molar-refractivity contribution in [2.45, 2.75) is 36.2 Å². The average molecular weight is 474 g/mol. The lowest BCUT2D eigenvalue weighted by atomic mass is 10.2. The number of benzene rings is 2. The fourth-order valence-electron chi connectivity index (χ4n) is 3.56. The van der Waals surface area contributed by atoms with Crippen molar-refractivity contribution < 1.29 is 17.2 Å². The molecule has 0 aliphatic heterocycles. The quantitative estimate of drug-likeness (QED) is 0.315. The van der Waals surface area contributed by atoms with Crippen molar-refractivity contribution in [1.29, 1.82) is 0 Å². The van der Waals surface area contributed by atoms with Crippen molar-refractivity contribution in [2.75, 3.05) is 13.1 Å². The van der Waals surface area contributed by atoms with Gasteiger partial charge in [-0.1, -0.05) is 37.7 Å². The highest BCUT2D eigenvalue weighted by Gasteiger charge is 2.23. The second-order valence-electron chi connectivity index (χ2n) is 7.22. The first-order valence-corrected chi connectivity index (χ1v) is 12.7. The fraction of sp³-hybridized carbons (Fsp3) is 0.261. The maximum Gasteiger partial charge on any atom is 0.243 e. The summed E-state index contributed by atoms with van der Waals surface area (Å²) in [5.41, 5.74) is 2.24. The summed E-state index contributed by atoms with van der Waals surface area (Å²) in [4.78, 5) is 4.94. The van der Waals surface area contributed by atoms with Crippen molar-refractivity contribution in [3.8, 4) is 0 Å². The molecule has 0 aliphatic rings. The Balaban J connectivity index is 1.73. The minimum absolute atomic E-state index is 0.220. The van der Waals surface area contributed by atoms with Gasteiger partial charge in [-0.15, -0.1) is 0 Å². The Kier molecular flexibility index (Phi) is 6.68. The minimum Gasteiger partial charge on any atom is -0.467 e. The summed E-state index contributed by atoms with van der Waals surface area (Å²) in [6, 6.07) is 15.2. The highest BCUT2D eigenvalue weighted by atomic mass is 32.2. The highest BCUT2D eigenvalue weighted by molar-refractivity contribution is 7.98. The predicted molar refractivity (Wildman–Crippen MR) is 124 cm³/mol. The molecule has 9 heteroatoms. The molecule has 0 N–H and O–H groups in total. The number of furan rings is 1. The van der Waals surface area contributed by atoms with Crippen molar-refractivity contribution in [3.63, 3.8) is 0 Å². The molecule has 0 unspecified atom stereocenters. The first-order valence-electron chi connectivity index (χ1n) is 10.3. The van der Waals surface area contributed by atoms with Crippen molar-refractivity contribution >= 4 is 32.8 Å². The molecule has 0 saturated heterocycles. The van der Waals surface area contributed by atoms with Gasteiger partial charge >= 0.3 is 0 Å². The van der Waals surface area contributed by atoms with Crippen LogP contribution in [0.3, 0.4) is 0 Å². The second kappa shape index (κ2) is 9.48. The second-order valence-corrected chi connectivity index (χ2v) is 10.1. The third-order valence-corrected chi connectivity index (χ3v) is 8.27. The molecule has 0 bridgehead atoms. The van der Waals surface area contributed by atoms with Crippen LogP contribution in [0, 0.1) is 5.82 Å². The predicted octanol–water partition coefficient (Wildman–Crippen LogP) is 5.14. The van der Waals surface area contributed by atoms with Crippen molar-refractivity contribution in [1.82, 2.24) is 13.9 Å². The molecule has 168 valence electrons. The smallest absolute Gasteiger partial charge is 0.243 e. The molecule has 0 atom stereocenters. The number of rotatable bonds is 9. The molecule has 0 fully saturated rings. The largest absolute Gasteiger partial charge is 0.467 e. The standard InChI is InChI=1S/C23H24FN3O3S2/c1-3-26(4-2)32(28,29)20-10-11-22-21(14-20)25-23(27(22)15-19-9-6-12-30-19)31-16-17-7-5-8-18(24)13-17/h5-14H,3-4,15-16H2,1-2H3. The molecule has 6 nitrogen and oxygen atoms in total. The normalized spacial score (nSPS) is 12.1. The molecule has 4 rings (SSSR count). The van der Waals surface area contributed by atoms with Crippen LogP contribution in [0.4, 0.5) is 4.39 Å². The van der Waals surface area contributed by atoms with Gasteiger partial charge < -0.3 is 8.98 Å². The maximum absolute atomic E-state index is 13.6. The van der Waals surface area contributed by atoms with E-state index in [4.69, 9.17) is 9.40 Å². The number of thioether (sulfide) groups is 1. The van der Waals surface area contributed by atoms with Crippen LogP contribution in [0.15, 0.2) is 75.3 Å². The number of sulfonamides is 1. The Morgan fingerprint density at radius 2 is 1.91 bits per heavy atom. The van der Waals surface area contributed by atoms with E-state index in [0.29, 0.717) is 36.1 Å². The summed E-state index contributed by atoms with van der Waals surface area (Å²) in [6.07, 6.45) is 1.61. The maximum atomic E-state index is 13.6. The van der Waals surface area contributed by atoms with Crippen LogP contribution in [-0.2, 0) is 22.3 Å². The van der Waals surface area contributed by atoms with Gasteiger partial charge in [-0.2, -0.15) is 4.31 Å². The van der Waals surface area contributed by atoms with Gasteiger partial charge in [-0.05, 0) is 48.0 Å². The van der Waals surface area contributed by atoms with Crippen LogP contribution in [-0.4, -0.2) is 35.4 Å². The van der Waals surface area contributed by atoms with E-state index < -0.39 is 10.0 Å². The van der Waals surface area contributed by atoms with E-state index in [1.807, 2.05) is 36.6 Å². The number of aromatic nitrogens is 2. The summed E-state index contributed by atoms with van der Waals surface area (Å²) in [5, 5.41) is 0.707. The van der Waals surface area contributed by atoms with E-state index >= 15 is 0 Å². The lowest BCUT2D eigenvalue weighted by molar-refractivity contribution is 0.445. The highest BCUT2D eigenvalue weighted by Crippen LogP contribution is 2.30. The van der Waals surface area contributed by atoms with Crippen LogP contribution >= 0.6 is 11.8 Å². The van der Waals surface area contributed by atoms with Gasteiger partial charge in [-0.25, -0.2) is 17.8 Å². The Morgan fingerprint density at radius 1 is 1.09 bits per heavy atom. The number of halogens is 1. The van der Waals surface area contributed by atoms with Crippen LogP contribution in [0.5, 0.6) is 0 Å². The Morgan fingerprint density at radius 3 is 2.59 bits per heavy atom. The molecule has 2 aromatic heterocycles. The minimum atomic E-state index is -3.59. The zero-order valence-electron chi connectivity index (χ0n) is 17.9. The van der Waals surface area contributed by atoms with Crippen molar-refractivity contribution in [2.24, 2.45) is 0 Å². The SMILES string of the molecule is CCN(CC)S(=O)(=O)c1ccc2c(c1)nc(SCc1cccc(F)c1)n2Cc1ccco1. The summed E-state index contributed by atoms with van der Waals surface area (Å²) in [7, 11) is -3.59. The van der Waals surface area contributed by atoms with E-state index in [9.17, 15) is 12.8 Å². The molecule has 0 saturated carbocycles. The zero-order valence-corrected chi connectivity index (χ0v) is 19.5. The fourth-order valence-corrected chi connectivity index (χ4v) is 5.99. The zero-order chi connectivity index (χ0) is 22.7. The van der Waals surface area contributed by atoms with E-state index in [1.165, 1.54) is 28.2 Å². The molecule has 0 aliphatic carbocycles. The van der Waals surface area contributed by atoms with Crippen LogP contribution in [0.1, 0.15) is 25.2 Å². The van der Waals surface area contributed by atoms with E-state index in [-0.39, 0.29) is 10.7 Å². The lowest BCUT2D eigenvalue weighted by Crippen LogP contribution is -2.30. The van der Waals surface area contributed by atoms with Crippen LogP contribution in [0.25, 0.3) is 11.0 Å². The monoisotopic (exact) mass is 473 g/mol. The lowest BCUT2D eigenvalue weighted by Gasteiger charge is -2.18. The average Bonchev–Trinajstić information content (AvgIpc) is 3.41. The summed E-state index contributed by atoms with van der Waals surface area (Å²) < 4.78 is 48.4. The summed E-state index contributed by atoms with van der Waals surface area (Å²) >= 11 is 1.47. The van der Waals surface area contributed by atoms with Gasteiger partial charge in [0.25, 0.3) is 0 Å². The first kappa shape index (κ1) is 22.6. The van der Waals surface area contributed by atoms with Gasteiger partial charge in [-0.3, -0.25) is 0 Å². The van der Waals surface area contributed by atoms with E-state index in [1.54, 1.807) is 30.5 Å². The summed E-state index contributed by atoms with van der Waals surface area (Å²) in [5.74, 6) is 1.01. The number of hydrogen-bond donors (Lipinski definition) is 0. The Bertz CT molecular complexity index is 1310. The Labute approximate surface area is 191 Å². The van der Waals surface area contributed by atoms with Crippen LogP contribution < -0.4 is 0 Å². The molecule has 0 radical (unpaired) electrons. The van der Waals surface area contributed by atoms with Gasteiger partial charge in [0.1, 0.15) is 11.6 Å². The molecule has 0 spiro atoms. The molecular formula is C23H24FN3O3S2. The molecule has 2 heterocycles. The number of hydrogen-bond acceptors (Lipinski definition) is 5. The number of imidazole rings is 1. The van der Waals surface area contributed by atoms with Crippen LogP contribution in [0.2, 0.25) is 0 Å². The van der Waals surface area contributed by atoms with Crippen molar-refractivity contribution in [3.05, 3.63) is 78.0 Å². The van der Waals surface area contributed by atoms with Gasteiger partial charge in [0.2, 0.25) is 10.0 Å². The Hall–Kier alpha value is -2.62. The molecule has 32 heavy (non-hydrogen) atoms. The molecular weight excluding hydrogens is 449 g/mol. The summed E-state index contributed by atoms with van der Waals surface area (Å²) in [6.45, 7) is 4.89. The third kappa shape index (κ3) is 4.60. The van der Waals surface area contributed by atoms with E-state index in [0.717, 1.165) is 16.8 Å².